The first-order chi connectivity index (χ1) is 7.62. The van der Waals surface area contributed by atoms with E-state index in [4.69, 9.17) is 10.5 Å². The molecule has 0 aliphatic carbocycles. The van der Waals surface area contributed by atoms with Gasteiger partial charge in [0.05, 0.1) is 16.7 Å². The Kier molecular flexibility index (Phi) is 3.98. The first kappa shape index (κ1) is 14.9. The van der Waals surface area contributed by atoms with Gasteiger partial charge in [0.1, 0.15) is 0 Å². The second-order valence-corrected chi connectivity index (χ2v) is 6.66. The zero-order valence-electron chi connectivity index (χ0n) is 12.6. The third-order valence-corrected chi connectivity index (χ3v) is 4.22. The summed E-state index contributed by atoms with van der Waals surface area (Å²) in [4.78, 5) is 2.50. The van der Waals surface area contributed by atoms with E-state index in [-0.39, 0.29) is 16.7 Å². The molecule has 0 aromatic carbocycles. The van der Waals surface area contributed by atoms with Gasteiger partial charge in [-0.15, -0.1) is 0 Å². The highest BCUT2D eigenvalue weighted by molar-refractivity contribution is 5.13. The Morgan fingerprint density at radius 3 is 2.00 bits per heavy atom. The Hall–Kier alpha value is -0.120. The quantitative estimate of drug-likeness (QED) is 0.822. The van der Waals surface area contributed by atoms with Crippen LogP contribution in [0, 0.1) is 0 Å². The monoisotopic (exact) mass is 242 g/mol. The van der Waals surface area contributed by atoms with Gasteiger partial charge in [0.2, 0.25) is 0 Å². The van der Waals surface area contributed by atoms with Crippen LogP contribution in [0.15, 0.2) is 0 Å². The Morgan fingerprint density at radius 2 is 1.76 bits per heavy atom. The molecule has 0 amide bonds. The lowest BCUT2D eigenvalue weighted by Gasteiger charge is -2.49. The molecule has 1 unspecified atom stereocenters. The van der Waals surface area contributed by atoms with Crippen molar-refractivity contribution in [2.45, 2.75) is 77.7 Å². The number of hydrogen-bond donors (Lipinski definition) is 1. The highest BCUT2D eigenvalue weighted by Crippen LogP contribution is 2.48. The number of hydrogen-bond acceptors (Lipinski definition) is 3. The van der Waals surface area contributed by atoms with Crippen molar-refractivity contribution in [2.24, 2.45) is 5.73 Å². The minimum Gasteiger partial charge on any atom is -0.368 e. The average Bonchev–Trinajstić information content (AvgIpc) is 2.32. The first-order valence-electron chi connectivity index (χ1n) is 6.79. The third kappa shape index (κ3) is 2.38. The number of likely N-dealkylation sites (N-methyl/N-ethyl adjacent to an activating group) is 1. The van der Waals surface area contributed by atoms with Crippen LogP contribution in [0.5, 0.6) is 0 Å². The zero-order chi connectivity index (χ0) is 13.5. The smallest absolute Gasteiger partial charge is 0.0830 e. The van der Waals surface area contributed by atoms with Gasteiger partial charge in [0, 0.05) is 12.6 Å². The second-order valence-electron chi connectivity index (χ2n) is 6.66. The van der Waals surface area contributed by atoms with Crippen molar-refractivity contribution >= 4 is 0 Å². The minimum absolute atomic E-state index is 0.0561. The summed E-state index contributed by atoms with van der Waals surface area (Å²) in [6.07, 6.45) is 0.996. The maximum atomic E-state index is 6.25. The van der Waals surface area contributed by atoms with Gasteiger partial charge in [0.15, 0.2) is 0 Å². The molecule has 1 saturated heterocycles. The molecule has 1 fully saturated rings. The fraction of sp³-hybridized carbons (Fsp3) is 1.00. The van der Waals surface area contributed by atoms with E-state index in [2.05, 4.69) is 53.4 Å². The maximum Gasteiger partial charge on any atom is 0.0830 e. The van der Waals surface area contributed by atoms with Crippen molar-refractivity contribution in [1.82, 2.24) is 4.90 Å². The van der Waals surface area contributed by atoms with Crippen molar-refractivity contribution in [3.8, 4) is 0 Å². The van der Waals surface area contributed by atoms with Gasteiger partial charge in [-0.1, -0.05) is 6.92 Å². The summed E-state index contributed by atoms with van der Waals surface area (Å²) in [6, 6.07) is 0.486. The number of nitrogens with zero attached hydrogens (tertiary/aromatic N) is 1. The summed E-state index contributed by atoms with van der Waals surface area (Å²) in [5.74, 6) is 0. The molecular weight excluding hydrogens is 212 g/mol. The van der Waals surface area contributed by atoms with Crippen molar-refractivity contribution in [2.75, 3.05) is 13.1 Å². The zero-order valence-corrected chi connectivity index (χ0v) is 12.6. The molecule has 1 rings (SSSR count). The minimum atomic E-state index is -0.203. The van der Waals surface area contributed by atoms with E-state index in [9.17, 15) is 0 Å². The molecule has 2 N–H and O–H groups in total. The standard InChI is InChI=1S/C14H30N2O/c1-8-16(11(2)3)14(10-15)9-12(4,5)17-13(14,6)7/h11H,8-10,15H2,1-7H3. The van der Waals surface area contributed by atoms with Gasteiger partial charge >= 0.3 is 0 Å². The highest BCUT2D eigenvalue weighted by atomic mass is 16.5. The summed E-state index contributed by atoms with van der Waals surface area (Å²) >= 11 is 0. The molecule has 0 radical (unpaired) electrons. The number of nitrogens with two attached hydrogens (primary N) is 1. The van der Waals surface area contributed by atoms with Gasteiger partial charge in [0.25, 0.3) is 0 Å². The molecule has 0 bridgehead atoms. The van der Waals surface area contributed by atoms with Crippen LogP contribution >= 0.6 is 0 Å². The topological polar surface area (TPSA) is 38.5 Å². The van der Waals surface area contributed by atoms with E-state index < -0.39 is 0 Å². The lowest BCUT2D eigenvalue weighted by Crippen LogP contribution is -2.65. The van der Waals surface area contributed by atoms with Gasteiger partial charge in [-0.05, 0) is 54.5 Å². The second kappa shape index (κ2) is 4.52. The van der Waals surface area contributed by atoms with Crippen molar-refractivity contribution in [3.05, 3.63) is 0 Å². The molecule has 17 heavy (non-hydrogen) atoms. The van der Waals surface area contributed by atoms with Gasteiger partial charge in [-0.2, -0.15) is 0 Å². The maximum absolute atomic E-state index is 6.25. The summed E-state index contributed by atoms with van der Waals surface area (Å²) in [5.41, 5.74) is 5.81. The molecular formula is C14H30N2O. The van der Waals surface area contributed by atoms with Crippen LogP contribution in [-0.2, 0) is 4.74 Å². The normalized spacial score (nSPS) is 31.4. The molecule has 102 valence electrons. The van der Waals surface area contributed by atoms with Crippen LogP contribution in [-0.4, -0.2) is 40.8 Å². The summed E-state index contributed by atoms with van der Waals surface area (Å²) in [6.45, 7) is 17.0. The number of ether oxygens (including phenoxy) is 1. The molecule has 0 aromatic heterocycles. The molecule has 1 atom stereocenters. The highest BCUT2D eigenvalue weighted by Gasteiger charge is 2.59. The molecule has 1 aliphatic heterocycles. The molecule has 3 heteroatoms. The lowest BCUT2D eigenvalue weighted by atomic mass is 9.76. The molecule has 1 heterocycles. The van der Waals surface area contributed by atoms with Gasteiger partial charge in [-0.25, -0.2) is 0 Å². The van der Waals surface area contributed by atoms with Crippen LogP contribution in [0.3, 0.4) is 0 Å². The molecule has 0 aromatic rings. The van der Waals surface area contributed by atoms with Crippen LogP contribution in [0.25, 0.3) is 0 Å². The SMILES string of the molecule is CCN(C(C)C)C1(CN)CC(C)(C)OC1(C)C. The summed E-state index contributed by atoms with van der Waals surface area (Å²) < 4.78 is 6.25. The fourth-order valence-electron chi connectivity index (χ4n) is 3.78. The Bertz CT molecular complexity index is 273. The van der Waals surface area contributed by atoms with Crippen LogP contribution in [0.2, 0.25) is 0 Å². The summed E-state index contributed by atoms with van der Waals surface area (Å²) in [5, 5.41) is 0. The van der Waals surface area contributed by atoms with Crippen molar-refractivity contribution in [3.63, 3.8) is 0 Å². The largest absolute Gasteiger partial charge is 0.368 e. The Morgan fingerprint density at radius 1 is 1.24 bits per heavy atom. The summed E-state index contributed by atoms with van der Waals surface area (Å²) in [7, 11) is 0. The Balaban J connectivity index is 3.19. The van der Waals surface area contributed by atoms with Gasteiger partial charge < -0.3 is 10.5 Å². The van der Waals surface area contributed by atoms with Crippen LogP contribution in [0.1, 0.15) is 54.9 Å². The molecule has 3 nitrogen and oxygen atoms in total. The first-order valence-corrected chi connectivity index (χ1v) is 6.79. The van der Waals surface area contributed by atoms with Crippen LogP contribution < -0.4 is 5.73 Å². The molecule has 1 aliphatic rings. The van der Waals surface area contributed by atoms with E-state index in [1.807, 2.05) is 0 Å². The number of rotatable bonds is 4. The molecule has 0 saturated carbocycles. The Labute approximate surface area is 107 Å². The van der Waals surface area contributed by atoms with Gasteiger partial charge in [-0.3, -0.25) is 4.90 Å². The predicted octanol–water partition coefficient (Wildman–Crippen LogP) is 2.39. The van der Waals surface area contributed by atoms with Crippen molar-refractivity contribution < 1.29 is 4.74 Å². The predicted molar refractivity (Wildman–Crippen MR) is 73.2 cm³/mol. The third-order valence-electron chi connectivity index (χ3n) is 4.22. The van der Waals surface area contributed by atoms with E-state index in [0.717, 1.165) is 13.0 Å². The van der Waals surface area contributed by atoms with Crippen LogP contribution in [0.4, 0.5) is 0 Å². The average molecular weight is 242 g/mol. The fourth-order valence-corrected chi connectivity index (χ4v) is 3.78. The van der Waals surface area contributed by atoms with E-state index >= 15 is 0 Å². The lowest BCUT2D eigenvalue weighted by molar-refractivity contribution is -0.108. The molecule has 0 spiro atoms. The van der Waals surface area contributed by atoms with E-state index in [0.29, 0.717) is 12.6 Å². The van der Waals surface area contributed by atoms with E-state index in [1.165, 1.54) is 0 Å². The van der Waals surface area contributed by atoms with Crippen molar-refractivity contribution in [1.29, 1.82) is 0 Å². The van der Waals surface area contributed by atoms with E-state index in [1.54, 1.807) is 0 Å².